The Morgan fingerprint density at radius 2 is 1.87 bits per heavy atom. The van der Waals surface area contributed by atoms with Gasteiger partial charge in [0.25, 0.3) is 5.56 Å². The van der Waals surface area contributed by atoms with Crippen LogP contribution in [0.15, 0.2) is 35.5 Å². The molecule has 4 rings (SSSR count). The van der Waals surface area contributed by atoms with Crippen molar-refractivity contribution in [3.05, 3.63) is 46.8 Å². The number of anilines is 1. The van der Waals surface area contributed by atoms with Crippen LogP contribution in [0.25, 0.3) is 0 Å². The maximum Gasteiger partial charge on any atom is 0.267 e. The van der Waals surface area contributed by atoms with E-state index in [4.69, 9.17) is 0 Å². The van der Waals surface area contributed by atoms with Gasteiger partial charge in [0.05, 0.1) is 17.9 Å². The molecule has 2 aromatic heterocycles. The van der Waals surface area contributed by atoms with E-state index in [-0.39, 0.29) is 11.6 Å². The van der Waals surface area contributed by atoms with Crippen LogP contribution < -0.4 is 10.9 Å². The van der Waals surface area contributed by atoms with E-state index in [1.807, 2.05) is 6.07 Å². The zero-order chi connectivity index (χ0) is 15.6. The summed E-state index contributed by atoms with van der Waals surface area (Å²) in [5.74, 6) is 1.40. The Labute approximate surface area is 135 Å². The number of nitrogens with one attached hydrogen (secondary N) is 1. The van der Waals surface area contributed by atoms with Crippen molar-refractivity contribution in [3.8, 4) is 0 Å². The lowest BCUT2D eigenvalue weighted by molar-refractivity contribution is 0.301. The van der Waals surface area contributed by atoms with Crippen LogP contribution in [0.2, 0.25) is 0 Å². The summed E-state index contributed by atoms with van der Waals surface area (Å²) in [5, 5.41) is 8.05. The molecule has 2 aliphatic rings. The summed E-state index contributed by atoms with van der Waals surface area (Å²) >= 11 is 0. The molecular weight excluding hydrogens is 290 g/mol. The van der Waals surface area contributed by atoms with Gasteiger partial charge in [0, 0.05) is 30.4 Å². The first-order valence-electron chi connectivity index (χ1n) is 8.42. The Bertz CT molecular complexity index is 717. The van der Waals surface area contributed by atoms with E-state index in [9.17, 15) is 4.79 Å². The molecule has 0 atom stereocenters. The molecule has 0 amide bonds. The normalized spacial score (nSPS) is 24.3. The Morgan fingerprint density at radius 1 is 1.04 bits per heavy atom. The minimum absolute atomic E-state index is 0.0275. The van der Waals surface area contributed by atoms with Crippen molar-refractivity contribution in [2.45, 2.75) is 56.5 Å². The topological polar surface area (TPSA) is 72.7 Å². The fraction of sp³-hybridized carbons (Fsp3) is 0.529. The van der Waals surface area contributed by atoms with Crippen molar-refractivity contribution < 1.29 is 0 Å². The van der Waals surface area contributed by atoms with Gasteiger partial charge in [-0.15, -0.1) is 0 Å². The van der Waals surface area contributed by atoms with Crippen molar-refractivity contribution in [1.82, 2.24) is 19.7 Å². The minimum Gasteiger partial charge on any atom is -0.366 e. The molecule has 6 heteroatoms. The fourth-order valence-electron chi connectivity index (χ4n) is 3.35. The molecule has 6 nitrogen and oxygen atoms in total. The number of aromatic nitrogens is 4. The third-order valence-electron chi connectivity index (χ3n) is 4.80. The third kappa shape index (κ3) is 3.25. The second kappa shape index (κ2) is 6.10. The van der Waals surface area contributed by atoms with Gasteiger partial charge >= 0.3 is 0 Å². The Morgan fingerprint density at radius 3 is 2.57 bits per heavy atom. The summed E-state index contributed by atoms with van der Waals surface area (Å²) in [7, 11) is 0. The standard InChI is InChI=1S/C17H21N5O/c23-17-8-7-15(12-1-2-12)21-22(17)14-5-3-13(4-6-14)20-16-11-18-9-10-19-16/h7-14H,1-6H2,(H,19,20). The molecule has 0 spiro atoms. The Kier molecular flexibility index (Phi) is 3.81. The zero-order valence-electron chi connectivity index (χ0n) is 13.1. The molecular formula is C17H21N5O. The van der Waals surface area contributed by atoms with Gasteiger partial charge in [-0.25, -0.2) is 9.67 Å². The molecule has 2 aromatic rings. The van der Waals surface area contributed by atoms with Crippen molar-refractivity contribution in [3.63, 3.8) is 0 Å². The van der Waals surface area contributed by atoms with E-state index in [1.54, 1.807) is 29.3 Å². The van der Waals surface area contributed by atoms with Gasteiger partial charge < -0.3 is 5.32 Å². The highest BCUT2D eigenvalue weighted by molar-refractivity contribution is 5.31. The van der Waals surface area contributed by atoms with Crippen molar-refractivity contribution in [2.24, 2.45) is 0 Å². The molecule has 1 N–H and O–H groups in total. The van der Waals surface area contributed by atoms with Crippen LogP contribution in [0.4, 0.5) is 5.82 Å². The highest BCUT2D eigenvalue weighted by atomic mass is 16.1. The first kappa shape index (κ1) is 14.4. The molecule has 2 saturated carbocycles. The lowest BCUT2D eigenvalue weighted by Crippen LogP contribution is -2.33. The predicted octanol–water partition coefficient (Wildman–Crippen LogP) is 2.51. The quantitative estimate of drug-likeness (QED) is 0.939. The molecule has 0 bridgehead atoms. The third-order valence-corrected chi connectivity index (χ3v) is 4.80. The molecule has 0 aromatic carbocycles. The summed E-state index contributed by atoms with van der Waals surface area (Å²) in [6.45, 7) is 0. The molecule has 2 aliphatic carbocycles. The maximum atomic E-state index is 12.2. The maximum absolute atomic E-state index is 12.2. The van der Waals surface area contributed by atoms with E-state index in [0.717, 1.165) is 37.2 Å². The predicted molar refractivity (Wildman–Crippen MR) is 87.4 cm³/mol. The second-order valence-electron chi connectivity index (χ2n) is 6.56. The summed E-state index contributed by atoms with van der Waals surface area (Å²) in [6.07, 6.45) is 11.5. The lowest BCUT2D eigenvalue weighted by atomic mass is 9.91. The molecule has 0 radical (unpaired) electrons. The summed E-state index contributed by atoms with van der Waals surface area (Å²) in [6, 6.07) is 4.20. The lowest BCUT2D eigenvalue weighted by Gasteiger charge is -2.29. The molecule has 0 unspecified atom stereocenters. The molecule has 0 saturated heterocycles. The molecule has 2 fully saturated rings. The summed E-state index contributed by atoms with van der Waals surface area (Å²) in [5.41, 5.74) is 1.11. The summed E-state index contributed by atoms with van der Waals surface area (Å²) in [4.78, 5) is 20.5. The van der Waals surface area contributed by atoms with Crippen molar-refractivity contribution in [2.75, 3.05) is 5.32 Å². The minimum atomic E-state index is 0.0275. The van der Waals surface area contributed by atoms with Crippen LogP contribution in [-0.2, 0) is 0 Å². The smallest absolute Gasteiger partial charge is 0.267 e. The highest BCUT2D eigenvalue weighted by Gasteiger charge is 2.28. The monoisotopic (exact) mass is 311 g/mol. The van der Waals surface area contributed by atoms with Gasteiger partial charge in [0.2, 0.25) is 0 Å². The number of rotatable bonds is 4. The fourth-order valence-corrected chi connectivity index (χ4v) is 3.35. The SMILES string of the molecule is O=c1ccc(C2CC2)nn1C1CCC(Nc2cnccn2)CC1. The molecule has 120 valence electrons. The number of nitrogens with zero attached hydrogens (tertiary/aromatic N) is 4. The second-order valence-corrected chi connectivity index (χ2v) is 6.56. The van der Waals surface area contributed by atoms with Crippen LogP contribution in [0.1, 0.15) is 56.2 Å². The van der Waals surface area contributed by atoms with E-state index in [0.29, 0.717) is 12.0 Å². The van der Waals surface area contributed by atoms with E-state index < -0.39 is 0 Å². The van der Waals surface area contributed by atoms with E-state index >= 15 is 0 Å². The van der Waals surface area contributed by atoms with Gasteiger partial charge in [-0.05, 0) is 44.6 Å². The van der Waals surface area contributed by atoms with Gasteiger partial charge in [-0.1, -0.05) is 0 Å². The first-order valence-corrected chi connectivity index (χ1v) is 8.42. The van der Waals surface area contributed by atoms with E-state index in [2.05, 4.69) is 20.4 Å². The van der Waals surface area contributed by atoms with Gasteiger partial charge in [-0.3, -0.25) is 9.78 Å². The van der Waals surface area contributed by atoms with Crippen LogP contribution in [0.5, 0.6) is 0 Å². The molecule has 2 heterocycles. The van der Waals surface area contributed by atoms with Gasteiger partial charge in [0.15, 0.2) is 0 Å². The van der Waals surface area contributed by atoms with Crippen LogP contribution >= 0.6 is 0 Å². The van der Waals surface area contributed by atoms with Crippen molar-refractivity contribution >= 4 is 5.82 Å². The average molecular weight is 311 g/mol. The van der Waals surface area contributed by atoms with Crippen molar-refractivity contribution in [1.29, 1.82) is 0 Å². The van der Waals surface area contributed by atoms with Gasteiger partial charge in [-0.2, -0.15) is 5.10 Å². The largest absolute Gasteiger partial charge is 0.366 e. The van der Waals surface area contributed by atoms with Gasteiger partial charge in [0.1, 0.15) is 5.82 Å². The zero-order valence-corrected chi connectivity index (χ0v) is 13.1. The van der Waals surface area contributed by atoms with E-state index in [1.165, 1.54) is 12.8 Å². The van der Waals surface area contributed by atoms with Crippen LogP contribution in [0, 0.1) is 0 Å². The number of hydrogen-bond acceptors (Lipinski definition) is 5. The number of hydrogen-bond donors (Lipinski definition) is 1. The van der Waals surface area contributed by atoms with Crippen LogP contribution in [-0.4, -0.2) is 25.8 Å². The Balaban J connectivity index is 1.41. The highest BCUT2D eigenvalue weighted by Crippen LogP contribution is 2.38. The average Bonchev–Trinajstić information content (AvgIpc) is 3.42. The first-order chi connectivity index (χ1) is 11.3. The molecule has 0 aliphatic heterocycles. The summed E-state index contributed by atoms with van der Waals surface area (Å²) < 4.78 is 1.73. The molecule has 23 heavy (non-hydrogen) atoms. The Hall–Kier alpha value is -2.24. The van der Waals surface area contributed by atoms with Crippen LogP contribution in [0.3, 0.4) is 0 Å².